The fourth-order valence-corrected chi connectivity index (χ4v) is 2.07. The van der Waals surface area contributed by atoms with Crippen molar-refractivity contribution in [3.05, 3.63) is 21.7 Å². The fourth-order valence-electron chi connectivity index (χ4n) is 1.46. The second-order valence-electron chi connectivity index (χ2n) is 4.38. The van der Waals surface area contributed by atoms with Gasteiger partial charge in [-0.2, -0.15) is 0 Å². The van der Waals surface area contributed by atoms with E-state index in [1.165, 1.54) is 0 Å². The number of aryl methyl sites for hydroxylation is 1. The van der Waals surface area contributed by atoms with Crippen LogP contribution >= 0.6 is 23.2 Å². The van der Waals surface area contributed by atoms with Crippen LogP contribution in [0.5, 0.6) is 0 Å². The predicted octanol–water partition coefficient (Wildman–Crippen LogP) is 4.32. The van der Waals surface area contributed by atoms with Gasteiger partial charge in [0.15, 0.2) is 0 Å². The van der Waals surface area contributed by atoms with Crippen LogP contribution in [-0.4, -0.2) is 9.97 Å². The van der Waals surface area contributed by atoms with Crippen LogP contribution in [-0.2, 0) is 12.8 Å². The Morgan fingerprint density at radius 2 is 1.62 bits per heavy atom. The predicted molar refractivity (Wildman–Crippen MR) is 69.2 cm³/mol. The minimum absolute atomic E-state index is 0.514. The topological polar surface area (TPSA) is 25.8 Å². The van der Waals surface area contributed by atoms with Gasteiger partial charge in [-0.05, 0) is 18.8 Å². The summed E-state index contributed by atoms with van der Waals surface area (Å²) in [6.45, 7) is 6.43. The zero-order valence-electron chi connectivity index (χ0n) is 10.1. The molecule has 1 aromatic heterocycles. The Morgan fingerprint density at radius 1 is 1.06 bits per heavy atom. The van der Waals surface area contributed by atoms with E-state index in [0.29, 0.717) is 16.2 Å². The maximum atomic E-state index is 6.09. The average molecular weight is 261 g/mol. The number of nitrogens with zero attached hydrogens (tertiary/aromatic N) is 2. The lowest BCUT2D eigenvalue weighted by atomic mass is 10.1. The molecule has 0 saturated heterocycles. The fraction of sp³-hybridized carbons (Fsp3) is 0.667. The molecule has 1 heterocycles. The normalized spacial score (nSPS) is 11.1. The molecule has 0 aromatic carbocycles. The first kappa shape index (κ1) is 13.7. The molecule has 0 amide bonds. The van der Waals surface area contributed by atoms with Gasteiger partial charge in [-0.3, -0.25) is 0 Å². The van der Waals surface area contributed by atoms with E-state index in [4.69, 9.17) is 23.2 Å². The van der Waals surface area contributed by atoms with Crippen molar-refractivity contribution in [3.63, 3.8) is 0 Å². The van der Waals surface area contributed by atoms with E-state index in [-0.39, 0.29) is 0 Å². The van der Waals surface area contributed by atoms with Crippen molar-refractivity contribution >= 4 is 23.2 Å². The molecule has 0 N–H and O–H groups in total. The van der Waals surface area contributed by atoms with E-state index in [9.17, 15) is 0 Å². The van der Waals surface area contributed by atoms with Gasteiger partial charge in [0, 0.05) is 12.0 Å². The molecule has 0 atom stereocenters. The van der Waals surface area contributed by atoms with E-state index < -0.39 is 0 Å². The molecular formula is C12H18Cl2N2. The Balaban J connectivity index is 2.82. The standard InChI is InChI=1S/C12H18Cl2N2/c1-4-5-9-11(13)15-10(16-12(9)14)7-6-8(2)3/h8H,4-7H2,1-3H3. The van der Waals surface area contributed by atoms with E-state index in [1.807, 2.05) is 0 Å². The van der Waals surface area contributed by atoms with Crippen LogP contribution in [0.4, 0.5) is 0 Å². The maximum Gasteiger partial charge on any atom is 0.137 e. The molecule has 0 bridgehead atoms. The summed E-state index contributed by atoms with van der Waals surface area (Å²) in [5.74, 6) is 1.39. The molecule has 1 rings (SSSR count). The third kappa shape index (κ3) is 3.91. The highest BCUT2D eigenvalue weighted by atomic mass is 35.5. The van der Waals surface area contributed by atoms with Gasteiger partial charge in [0.25, 0.3) is 0 Å². The third-order valence-electron chi connectivity index (χ3n) is 2.40. The molecular weight excluding hydrogens is 243 g/mol. The van der Waals surface area contributed by atoms with Crippen molar-refractivity contribution in [1.29, 1.82) is 0 Å². The van der Waals surface area contributed by atoms with Crippen LogP contribution < -0.4 is 0 Å². The highest BCUT2D eigenvalue weighted by molar-refractivity contribution is 6.34. The van der Waals surface area contributed by atoms with E-state index in [1.54, 1.807) is 0 Å². The molecule has 0 aliphatic heterocycles. The van der Waals surface area contributed by atoms with Crippen molar-refractivity contribution in [1.82, 2.24) is 9.97 Å². The SMILES string of the molecule is CCCc1c(Cl)nc(CCC(C)C)nc1Cl. The summed E-state index contributed by atoms with van der Waals surface area (Å²) in [5, 5.41) is 1.03. The largest absolute Gasteiger partial charge is 0.221 e. The van der Waals surface area contributed by atoms with Gasteiger partial charge in [0.05, 0.1) is 0 Å². The minimum atomic E-state index is 0.514. The van der Waals surface area contributed by atoms with Gasteiger partial charge in [0.1, 0.15) is 16.1 Å². The summed E-state index contributed by atoms with van der Waals surface area (Å²) in [6, 6.07) is 0. The summed E-state index contributed by atoms with van der Waals surface area (Å²) in [4.78, 5) is 8.59. The molecule has 0 saturated carbocycles. The zero-order valence-corrected chi connectivity index (χ0v) is 11.6. The molecule has 90 valence electrons. The lowest BCUT2D eigenvalue weighted by molar-refractivity contribution is 0.574. The molecule has 0 unspecified atom stereocenters. The molecule has 1 aromatic rings. The molecule has 2 nitrogen and oxygen atoms in total. The molecule has 16 heavy (non-hydrogen) atoms. The quantitative estimate of drug-likeness (QED) is 0.737. The summed E-state index contributed by atoms with van der Waals surface area (Å²) in [6.07, 6.45) is 3.72. The highest BCUT2D eigenvalue weighted by Gasteiger charge is 2.10. The van der Waals surface area contributed by atoms with Crippen LogP contribution in [0.15, 0.2) is 0 Å². The number of rotatable bonds is 5. The average Bonchev–Trinajstić information content (AvgIpc) is 2.20. The van der Waals surface area contributed by atoms with Crippen molar-refractivity contribution < 1.29 is 0 Å². The Kier molecular flexibility index (Phi) is 5.50. The van der Waals surface area contributed by atoms with Crippen molar-refractivity contribution in [2.24, 2.45) is 5.92 Å². The monoisotopic (exact) mass is 260 g/mol. The van der Waals surface area contributed by atoms with E-state index in [2.05, 4.69) is 30.7 Å². The van der Waals surface area contributed by atoms with Crippen molar-refractivity contribution in [2.45, 2.75) is 46.5 Å². The molecule has 0 fully saturated rings. The summed E-state index contributed by atoms with van der Waals surface area (Å²) in [5.41, 5.74) is 0.874. The Hall–Kier alpha value is -0.340. The lowest BCUT2D eigenvalue weighted by Crippen LogP contribution is -2.02. The number of halogens is 2. The summed E-state index contributed by atoms with van der Waals surface area (Å²) in [7, 11) is 0. The second kappa shape index (κ2) is 6.41. The lowest BCUT2D eigenvalue weighted by Gasteiger charge is -2.08. The van der Waals surface area contributed by atoms with Gasteiger partial charge >= 0.3 is 0 Å². The number of hydrogen-bond donors (Lipinski definition) is 0. The number of hydrogen-bond acceptors (Lipinski definition) is 2. The smallest absolute Gasteiger partial charge is 0.137 e. The van der Waals surface area contributed by atoms with Gasteiger partial charge in [0.2, 0.25) is 0 Å². The Bertz CT molecular complexity index is 328. The second-order valence-corrected chi connectivity index (χ2v) is 5.10. The maximum absolute atomic E-state index is 6.09. The van der Waals surface area contributed by atoms with Gasteiger partial charge in [-0.15, -0.1) is 0 Å². The first-order chi connectivity index (χ1) is 7.54. The van der Waals surface area contributed by atoms with E-state index in [0.717, 1.165) is 37.1 Å². The van der Waals surface area contributed by atoms with E-state index >= 15 is 0 Å². The van der Waals surface area contributed by atoms with Gasteiger partial charge < -0.3 is 0 Å². The Labute approximate surface area is 107 Å². The third-order valence-corrected chi connectivity index (χ3v) is 3.02. The summed E-state index contributed by atoms with van der Waals surface area (Å²) >= 11 is 12.2. The Morgan fingerprint density at radius 3 is 2.06 bits per heavy atom. The van der Waals surface area contributed by atoms with Gasteiger partial charge in [-0.25, -0.2) is 9.97 Å². The highest BCUT2D eigenvalue weighted by Crippen LogP contribution is 2.23. The van der Waals surface area contributed by atoms with Crippen molar-refractivity contribution in [3.8, 4) is 0 Å². The molecule has 0 aliphatic carbocycles. The van der Waals surface area contributed by atoms with Crippen molar-refractivity contribution in [2.75, 3.05) is 0 Å². The van der Waals surface area contributed by atoms with Crippen LogP contribution in [0.3, 0.4) is 0 Å². The van der Waals surface area contributed by atoms with Crippen LogP contribution in [0, 0.1) is 5.92 Å². The van der Waals surface area contributed by atoms with Crippen LogP contribution in [0.25, 0.3) is 0 Å². The first-order valence-electron chi connectivity index (χ1n) is 5.75. The molecule has 0 radical (unpaired) electrons. The zero-order chi connectivity index (χ0) is 12.1. The number of aromatic nitrogens is 2. The minimum Gasteiger partial charge on any atom is -0.221 e. The van der Waals surface area contributed by atoms with Gasteiger partial charge in [-0.1, -0.05) is 50.4 Å². The summed E-state index contributed by atoms with van der Waals surface area (Å²) < 4.78 is 0. The first-order valence-corrected chi connectivity index (χ1v) is 6.51. The van der Waals surface area contributed by atoms with Crippen LogP contribution in [0.1, 0.15) is 45.0 Å². The molecule has 0 spiro atoms. The molecule has 0 aliphatic rings. The van der Waals surface area contributed by atoms with Crippen LogP contribution in [0.2, 0.25) is 10.3 Å². The molecule has 4 heteroatoms.